The van der Waals surface area contributed by atoms with Crippen molar-refractivity contribution in [3.05, 3.63) is 82.3 Å². The van der Waals surface area contributed by atoms with Gasteiger partial charge in [0.2, 0.25) is 0 Å². The minimum absolute atomic E-state index is 0.322. The second-order valence-electron chi connectivity index (χ2n) is 4.92. The van der Waals surface area contributed by atoms with Crippen LogP contribution in [0.1, 0.15) is 16.1 Å². The molecule has 0 fully saturated rings. The van der Waals surface area contributed by atoms with E-state index in [0.29, 0.717) is 17.1 Å². The number of hydrogen-bond acceptors (Lipinski definition) is 3. The van der Waals surface area contributed by atoms with E-state index in [0.717, 1.165) is 10.0 Å². The van der Waals surface area contributed by atoms with Crippen molar-refractivity contribution in [1.82, 2.24) is 5.43 Å². The summed E-state index contributed by atoms with van der Waals surface area (Å²) in [7, 11) is 0. The summed E-state index contributed by atoms with van der Waals surface area (Å²) in [5.74, 6) is 0.378. The zero-order chi connectivity index (χ0) is 16.9. The molecule has 0 aliphatic rings. The smallest absolute Gasteiger partial charge is 0.271 e. The normalized spacial score (nSPS) is 10.9. The molecule has 1 N–H and O–H groups in total. The molecule has 1 aromatic heterocycles. The highest BCUT2D eigenvalue weighted by molar-refractivity contribution is 9.10. The zero-order valence-electron chi connectivity index (χ0n) is 12.4. The number of hydrazone groups is 1. The third kappa shape index (κ3) is 3.97. The van der Waals surface area contributed by atoms with Gasteiger partial charge in [-0.05, 0) is 48.5 Å². The number of nitrogens with one attached hydrogen (secondary N) is 1. The van der Waals surface area contributed by atoms with Crippen molar-refractivity contribution in [2.45, 2.75) is 0 Å². The van der Waals surface area contributed by atoms with Crippen molar-refractivity contribution in [3.63, 3.8) is 0 Å². The molecule has 1 amide bonds. The molecule has 3 rings (SSSR count). The van der Waals surface area contributed by atoms with E-state index in [9.17, 15) is 9.18 Å². The molecule has 0 saturated heterocycles. The van der Waals surface area contributed by atoms with Crippen molar-refractivity contribution in [2.75, 3.05) is 0 Å². The Bertz CT molecular complexity index is 888. The molecule has 1 heterocycles. The maximum atomic E-state index is 12.8. The van der Waals surface area contributed by atoms with Gasteiger partial charge >= 0.3 is 0 Å². The highest BCUT2D eigenvalue weighted by Gasteiger charge is 2.05. The molecule has 24 heavy (non-hydrogen) atoms. The van der Waals surface area contributed by atoms with Crippen molar-refractivity contribution >= 4 is 28.1 Å². The van der Waals surface area contributed by atoms with Crippen LogP contribution in [0.4, 0.5) is 4.39 Å². The number of benzene rings is 2. The summed E-state index contributed by atoms with van der Waals surface area (Å²) in [6, 6.07) is 16.5. The van der Waals surface area contributed by atoms with E-state index in [2.05, 4.69) is 26.5 Å². The first-order valence-electron chi connectivity index (χ1n) is 7.06. The number of amides is 1. The van der Waals surface area contributed by atoms with Crippen molar-refractivity contribution in [2.24, 2.45) is 5.10 Å². The van der Waals surface area contributed by atoms with Gasteiger partial charge in [0.15, 0.2) is 0 Å². The minimum Gasteiger partial charge on any atom is -0.455 e. The quantitative estimate of drug-likeness (QED) is 0.525. The van der Waals surface area contributed by atoms with Gasteiger partial charge in [0, 0.05) is 15.6 Å². The Morgan fingerprint density at radius 3 is 2.67 bits per heavy atom. The number of halogens is 2. The number of furan rings is 1. The predicted octanol–water partition coefficient (Wildman–Crippen LogP) is 4.61. The van der Waals surface area contributed by atoms with Gasteiger partial charge in [0.1, 0.15) is 17.3 Å². The van der Waals surface area contributed by atoms with Crippen LogP contribution >= 0.6 is 15.9 Å². The van der Waals surface area contributed by atoms with Crippen LogP contribution in [-0.4, -0.2) is 12.1 Å². The third-order valence-electron chi connectivity index (χ3n) is 3.20. The summed E-state index contributed by atoms with van der Waals surface area (Å²) in [6.45, 7) is 0. The van der Waals surface area contributed by atoms with Gasteiger partial charge in [-0.3, -0.25) is 4.79 Å². The fraction of sp³-hybridized carbons (Fsp3) is 0. The summed E-state index contributed by atoms with van der Waals surface area (Å²) in [4.78, 5) is 11.8. The van der Waals surface area contributed by atoms with E-state index >= 15 is 0 Å². The van der Waals surface area contributed by atoms with E-state index < -0.39 is 11.7 Å². The molecule has 3 aromatic rings. The Balaban J connectivity index is 1.65. The first-order valence-corrected chi connectivity index (χ1v) is 7.86. The molecule has 0 aliphatic carbocycles. The Hall–Kier alpha value is -2.73. The fourth-order valence-electron chi connectivity index (χ4n) is 2.04. The Kier molecular flexibility index (Phi) is 4.86. The van der Waals surface area contributed by atoms with Gasteiger partial charge in [-0.2, -0.15) is 5.10 Å². The van der Waals surface area contributed by atoms with Crippen LogP contribution in [0.25, 0.3) is 11.3 Å². The molecule has 0 saturated carbocycles. The van der Waals surface area contributed by atoms with Gasteiger partial charge in [-0.25, -0.2) is 9.82 Å². The summed E-state index contributed by atoms with van der Waals surface area (Å²) in [6.07, 6.45) is 1.41. The highest BCUT2D eigenvalue weighted by Crippen LogP contribution is 2.24. The lowest BCUT2D eigenvalue weighted by Crippen LogP contribution is -2.17. The first kappa shape index (κ1) is 16.1. The number of nitrogens with zero attached hydrogens (tertiary/aromatic N) is 1. The van der Waals surface area contributed by atoms with E-state index in [1.54, 1.807) is 6.07 Å². The summed E-state index contributed by atoms with van der Waals surface area (Å²) < 4.78 is 19.4. The van der Waals surface area contributed by atoms with E-state index in [1.165, 1.54) is 30.5 Å². The van der Waals surface area contributed by atoms with Crippen LogP contribution in [0.5, 0.6) is 0 Å². The standard InChI is InChI=1S/C18H12BrFN2O2/c19-14-3-1-2-13(10-14)17-9-8-16(24-17)11-21-22-18(23)12-4-6-15(20)7-5-12/h1-11H,(H,22,23)/b21-11+. The van der Waals surface area contributed by atoms with E-state index in [1.807, 2.05) is 30.3 Å². The topological polar surface area (TPSA) is 54.6 Å². The molecule has 0 bridgehead atoms. The fourth-order valence-corrected chi connectivity index (χ4v) is 2.44. The molecule has 0 atom stereocenters. The number of rotatable bonds is 4. The average molecular weight is 387 g/mol. The van der Waals surface area contributed by atoms with Crippen LogP contribution in [0.3, 0.4) is 0 Å². The monoisotopic (exact) mass is 386 g/mol. The molecule has 0 radical (unpaired) electrons. The maximum Gasteiger partial charge on any atom is 0.271 e. The second kappa shape index (κ2) is 7.23. The SMILES string of the molecule is O=C(N/N=C/c1ccc(-c2cccc(Br)c2)o1)c1ccc(F)cc1. The first-order chi connectivity index (χ1) is 11.6. The van der Waals surface area contributed by atoms with Gasteiger partial charge in [0.05, 0.1) is 6.21 Å². The van der Waals surface area contributed by atoms with Crippen molar-refractivity contribution in [1.29, 1.82) is 0 Å². The van der Waals surface area contributed by atoms with Crippen molar-refractivity contribution < 1.29 is 13.6 Å². The molecule has 4 nitrogen and oxygen atoms in total. The minimum atomic E-state index is -0.426. The molecular formula is C18H12BrFN2O2. The number of carbonyl (C=O) groups is 1. The lowest BCUT2D eigenvalue weighted by Gasteiger charge is -1.99. The molecule has 2 aromatic carbocycles. The lowest BCUT2D eigenvalue weighted by atomic mass is 10.2. The lowest BCUT2D eigenvalue weighted by molar-refractivity contribution is 0.0955. The summed E-state index contributed by atoms with van der Waals surface area (Å²) in [5.41, 5.74) is 3.62. The molecular weight excluding hydrogens is 375 g/mol. The zero-order valence-corrected chi connectivity index (χ0v) is 14.0. The third-order valence-corrected chi connectivity index (χ3v) is 3.69. The van der Waals surface area contributed by atoms with Gasteiger partial charge < -0.3 is 4.42 Å². The van der Waals surface area contributed by atoms with E-state index in [-0.39, 0.29) is 0 Å². The molecule has 0 spiro atoms. The van der Waals surface area contributed by atoms with Gasteiger partial charge in [0.25, 0.3) is 5.91 Å². The van der Waals surface area contributed by atoms with Crippen LogP contribution in [0, 0.1) is 5.82 Å². The van der Waals surface area contributed by atoms with Crippen LogP contribution in [-0.2, 0) is 0 Å². The average Bonchev–Trinajstić information content (AvgIpc) is 3.04. The largest absolute Gasteiger partial charge is 0.455 e. The number of hydrogen-bond donors (Lipinski definition) is 1. The summed E-state index contributed by atoms with van der Waals surface area (Å²) in [5, 5.41) is 3.84. The second-order valence-corrected chi connectivity index (χ2v) is 5.83. The molecule has 120 valence electrons. The van der Waals surface area contributed by atoms with Crippen molar-refractivity contribution in [3.8, 4) is 11.3 Å². The highest BCUT2D eigenvalue weighted by atomic mass is 79.9. The molecule has 0 aliphatic heterocycles. The summed E-state index contributed by atoms with van der Waals surface area (Å²) >= 11 is 3.41. The van der Waals surface area contributed by atoms with Crippen LogP contribution in [0.2, 0.25) is 0 Å². The Morgan fingerprint density at radius 2 is 1.92 bits per heavy atom. The Morgan fingerprint density at radius 1 is 1.12 bits per heavy atom. The van der Waals surface area contributed by atoms with E-state index in [4.69, 9.17) is 4.42 Å². The predicted molar refractivity (Wildman–Crippen MR) is 93.3 cm³/mol. The number of carbonyl (C=O) groups excluding carboxylic acids is 1. The molecule has 6 heteroatoms. The van der Waals surface area contributed by atoms with Gasteiger partial charge in [-0.15, -0.1) is 0 Å². The molecule has 0 unspecified atom stereocenters. The van der Waals surface area contributed by atoms with Crippen LogP contribution in [0.15, 0.2) is 74.7 Å². The van der Waals surface area contributed by atoms with Gasteiger partial charge in [-0.1, -0.05) is 28.1 Å². The Labute approximate surface area is 146 Å². The maximum absolute atomic E-state index is 12.8. The van der Waals surface area contributed by atoms with Crippen LogP contribution < -0.4 is 5.43 Å².